The van der Waals surface area contributed by atoms with Crippen LogP contribution in [0.3, 0.4) is 0 Å². The van der Waals surface area contributed by atoms with Crippen LogP contribution < -0.4 is 11.3 Å². The van der Waals surface area contributed by atoms with Crippen molar-refractivity contribution in [3.8, 4) is 0 Å². The number of carbonyl (C=O) groups is 1. The zero-order valence-corrected chi connectivity index (χ0v) is 7.81. The normalized spacial score (nSPS) is 10.7. The number of aryl methyl sites for hydroxylation is 1. The molecule has 0 bridgehead atoms. The highest BCUT2D eigenvalue weighted by Crippen LogP contribution is 2.16. The van der Waals surface area contributed by atoms with E-state index in [1.165, 1.54) is 10.7 Å². The molecule has 0 amide bonds. The first kappa shape index (κ1) is 9.25. The number of hydrogen-bond acceptors (Lipinski definition) is 4. The van der Waals surface area contributed by atoms with Crippen LogP contribution in [0.2, 0.25) is 0 Å². The number of nitrogen functional groups attached to an aromatic ring is 1. The van der Waals surface area contributed by atoms with Gasteiger partial charge in [-0.3, -0.25) is 4.79 Å². The smallest absolute Gasteiger partial charge is 0.341 e. The number of nitrogens with one attached hydrogen (secondary N) is 1. The van der Waals surface area contributed by atoms with E-state index in [0.29, 0.717) is 11.0 Å². The summed E-state index contributed by atoms with van der Waals surface area (Å²) in [5, 5.41) is 13.0. The molecule has 0 saturated carbocycles. The van der Waals surface area contributed by atoms with Gasteiger partial charge in [0.1, 0.15) is 11.2 Å². The van der Waals surface area contributed by atoms with Crippen LogP contribution in [0.4, 0.5) is 5.82 Å². The minimum atomic E-state index is -1.29. The fourth-order valence-electron chi connectivity index (χ4n) is 1.40. The molecule has 0 spiro atoms. The zero-order valence-electron chi connectivity index (χ0n) is 7.81. The first-order valence-corrected chi connectivity index (χ1v) is 4.09. The lowest BCUT2D eigenvalue weighted by molar-refractivity contribution is 0.0695. The van der Waals surface area contributed by atoms with Crippen LogP contribution in [0, 0.1) is 0 Å². The van der Waals surface area contributed by atoms with Crippen LogP contribution >= 0.6 is 0 Å². The second-order valence-electron chi connectivity index (χ2n) is 3.09. The predicted octanol–water partition coefficient (Wildman–Crippen LogP) is -0.458. The van der Waals surface area contributed by atoms with Gasteiger partial charge in [0.25, 0.3) is 5.56 Å². The topological polar surface area (TPSA) is 114 Å². The summed E-state index contributed by atoms with van der Waals surface area (Å²) in [4.78, 5) is 24.4. The number of pyridine rings is 1. The maximum atomic E-state index is 11.3. The van der Waals surface area contributed by atoms with E-state index in [-0.39, 0.29) is 11.4 Å². The van der Waals surface area contributed by atoms with E-state index in [2.05, 4.69) is 10.1 Å². The average Bonchev–Trinajstić information content (AvgIpc) is 2.41. The monoisotopic (exact) mass is 208 g/mol. The van der Waals surface area contributed by atoms with E-state index in [1.807, 2.05) is 0 Å². The number of aromatic carboxylic acids is 1. The molecule has 2 rings (SSSR count). The number of nitrogens with two attached hydrogens (primary N) is 1. The van der Waals surface area contributed by atoms with Crippen LogP contribution in [-0.4, -0.2) is 25.8 Å². The van der Waals surface area contributed by atoms with Gasteiger partial charge in [0.2, 0.25) is 0 Å². The van der Waals surface area contributed by atoms with Gasteiger partial charge in [-0.2, -0.15) is 5.10 Å². The SMILES string of the molecule is Cn1nc(N)c2cc(C(=O)O)c(=O)[nH]c21. The first-order valence-electron chi connectivity index (χ1n) is 4.09. The number of aromatic amines is 1. The third kappa shape index (κ3) is 1.25. The maximum absolute atomic E-state index is 11.3. The van der Waals surface area contributed by atoms with Gasteiger partial charge in [0, 0.05) is 7.05 Å². The van der Waals surface area contributed by atoms with Gasteiger partial charge < -0.3 is 15.8 Å². The van der Waals surface area contributed by atoms with E-state index < -0.39 is 11.5 Å². The molecule has 0 fully saturated rings. The Bertz CT molecular complexity index is 610. The molecule has 2 heterocycles. The quantitative estimate of drug-likeness (QED) is 0.586. The van der Waals surface area contributed by atoms with Crippen molar-refractivity contribution in [3.63, 3.8) is 0 Å². The number of rotatable bonds is 1. The standard InChI is InChI=1S/C8H8N4O3/c1-12-6-3(5(9)11-12)2-4(8(14)15)7(13)10-6/h2H,1H3,(H2,9,11)(H,10,13)(H,14,15). The third-order valence-corrected chi connectivity index (χ3v) is 2.11. The molecule has 7 nitrogen and oxygen atoms in total. The van der Waals surface area contributed by atoms with Crippen molar-refractivity contribution in [2.75, 3.05) is 5.73 Å². The Balaban J connectivity index is 2.91. The van der Waals surface area contributed by atoms with E-state index in [4.69, 9.17) is 10.8 Å². The molecule has 0 aromatic carbocycles. The van der Waals surface area contributed by atoms with Crippen molar-refractivity contribution < 1.29 is 9.90 Å². The highest BCUT2D eigenvalue weighted by molar-refractivity contribution is 5.95. The molecule has 2 aromatic heterocycles. The molecule has 0 aliphatic heterocycles. The largest absolute Gasteiger partial charge is 0.477 e. The molecule has 15 heavy (non-hydrogen) atoms. The van der Waals surface area contributed by atoms with Gasteiger partial charge in [-0.25, -0.2) is 9.48 Å². The van der Waals surface area contributed by atoms with Gasteiger partial charge >= 0.3 is 5.97 Å². The zero-order chi connectivity index (χ0) is 11.2. The van der Waals surface area contributed by atoms with Gasteiger partial charge in [0.05, 0.1) is 5.39 Å². The molecule has 0 aliphatic rings. The Kier molecular flexibility index (Phi) is 1.75. The number of nitrogens with zero attached hydrogens (tertiary/aromatic N) is 2. The molecule has 2 aromatic rings. The van der Waals surface area contributed by atoms with Gasteiger partial charge in [-0.15, -0.1) is 0 Å². The molecular weight excluding hydrogens is 200 g/mol. The van der Waals surface area contributed by atoms with Crippen molar-refractivity contribution in [1.29, 1.82) is 0 Å². The summed E-state index contributed by atoms with van der Waals surface area (Å²) in [5.41, 5.74) is 4.94. The second kappa shape index (κ2) is 2.84. The van der Waals surface area contributed by atoms with Crippen molar-refractivity contribution in [2.24, 2.45) is 7.05 Å². The lowest BCUT2D eigenvalue weighted by Crippen LogP contribution is -2.17. The number of aromatic nitrogens is 3. The molecule has 4 N–H and O–H groups in total. The lowest BCUT2D eigenvalue weighted by atomic mass is 10.2. The summed E-state index contributed by atoms with van der Waals surface area (Å²) in [6, 6.07) is 1.22. The number of fused-ring (bicyclic) bond motifs is 1. The molecule has 0 atom stereocenters. The highest BCUT2D eigenvalue weighted by Gasteiger charge is 2.14. The summed E-state index contributed by atoms with van der Waals surface area (Å²) in [5.74, 6) is -1.10. The number of anilines is 1. The molecule has 0 radical (unpaired) electrons. The van der Waals surface area contributed by atoms with Crippen LogP contribution in [0.25, 0.3) is 11.0 Å². The Labute approximate surface area is 83.1 Å². The summed E-state index contributed by atoms with van der Waals surface area (Å²) >= 11 is 0. The number of H-pyrrole nitrogens is 1. The molecule has 0 unspecified atom stereocenters. The Morgan fingerprint density at radius 2 is 2.33 bits per heavy atom. The molecule has 7 heteroatoms. The summed E-state index contributed by atoms with van der Waals surface area (Å²) in [7, 11) is 1.61. The van der Waals surface area contributed by atoms with Crippen LogP contribution in [-0.2, 0) is 7.05 Å². The average molecular weight is 208 g/mol. The molecular formula is C8H8N4O3. The van der Waals surface area contributed by atoms with Gasteiger partial charge in [-0.1, -0.05) is 0 Å². The van der Waals surface area contributed by atoms with E-state index in [1.54, 1.807) is 7.05 Å². The van der Waals surface area contributed by atoms with Crippen molar-refractivity contribution >= 4 is 22.8 Å². The van der Waals surface area contributed by atoms with Gasteiger partial charge in [0.15, 0.2) is 5.82 Å². The van der Waals surface area contributed by atoms with Crippen molar-refractivity contribution in [2.45, 2.75) is 0 Å². The predicted molar refractivity (Wildman–Crippen MR) is 52.7 cm³/mol. The Morgan fingerprint density at radius 3 is 2.93 bits per heavy atom. The van der Waals surface area contributed by atoms with Crippen molar-refractivity contribution in [1.82, 2.24) is 14.8 Å². The van der Waals surface area contributed by atoms with Crippen LogP contribution in [0.15, 0.2) is 10.9 Å². The summed E-state index contributed by atoms with van der Waals surface area (Å²) in [6.45, 7) is 0. The van der Waals surface area contributed by atoms with E-state index >= 15 is 0 Å². The minimum Gasteiger partial charge on any atom is -0.477 e. The molecule has 78 valence electrons. The van der Waals surface area contributed by atoms with Crippen LogP contribution in [0.1, 0.15) is 10.4 Å². The number of carboxylic acids is 1. The Morgan fingerprint density at radius 1 is 1.67 bits per heavy atom. The number of carboxylic acid groups (broad SMARTS) is 1. The van der Waals surface area contributed by atoms with E-state index in [0.717, 1.165) is 0 Å². The molecule has 0 aliphatic carbocycles. The van der Waals surface area contributed by atoms with Gasteiger partial charge in [-0.05, 0) is 6.07 Å². The maximum Gasteiger partial charge on any atom is 0.341 e. The van der Waals surface area contributed by atoms with E-state index in [9.17, 15) is 9.59 Å². The first-order chi connectivity index (χ1) is 7.00. The fraction of sp³-hybridized carbons (Fsp3) is 0.125. The number of hydrogen-bond donors (Lipinski definition) is 3. The summed E-state index contributed by atoms with van der Waals surface area (Å²) in [6.07, 6.45) is 0. The fourth-order valence-corrected chi connectivity index (χ4v) is 1.40. The lowest BCUT2D eigenvalue weighted by Gasteiger charge is -1.95. The second-order valence-corrected chi connectivity index (χ2v) is 3.09. The van der Waals surface area contributed by atoms with Crippen molar-refractivity contribution in [3.05, 3.63) is 22.0 Å². The third-order valence-electron chi connectivity index (χ3n) is 2.11. The summed E-state index contributed by atoms with van der Waals surface area (Å²) < 4.78 is 1.39. The highest BCUT2D eigenvalue weighted by atomic mass is 16.4. The Hall–Kier alpha value is -2.31. The van der Waals surface area contributed by atoms with Crippen LogP contribution in [0.5, 0.6) is 0 Å². The molecule has 0 saturated heterocycles. The minimum absolute atomic E-state index is 0.186.